The molecule has 1 spiro atoms. The Hall–Kier alpha value is -0.0800. The van der Waals surface area contributed by atoms with Crippen LogP contribution in [0.25, 0.3) is 0 Å². The van der Waals surface area contributed by atoms with Crippen LogP contribution in [0.2, 0.25) is 0 Å². The first-order valence-electron chi connectivity index (χ1n) is 4.65. The molecule has 0 bridgehead atoms. The van der Waals surface area contributed by atoms with Gasteiger partial charge in [-0.05, 0) is 12.8 Å². The summed E-state index contributed by atoms with van der Waals surface area (Å²) in [5, 5.41) is 3.40. The van der Waals surface area contributed by atoms with Gasteiger partial charge in [-0.1, -0.05) is 0 Å². The van der Waals surface area contributed by atoms with E-state index in [0.29, 0.717) is 5.41 Å². The Bertz CT molecular complexity index is 159. The highest BCUT2D eigenvalue weighted by molar-refractivity contribution is 4.93. The van der Waals surface area contributed by atoms with E-state index in [0.717, 1.165) is 0 Å². The van der Waals surface area contributed by atoms with Gasteiger partial charge in [-0.25, -0.2) is 0 Å². The second kappa shape index (κ2) is 2.20. The topological polar surface area (TPSA) is 12.0 Å². The van der Waals surface area contributed by atoms with Crippen molar-refractivity contribution < 1.29 is 4.48 Å². The van der Waals surface area contributed by atoms with Gasteiger partial charge >= 0.3 is 0 Å². The maximum Gasteiger partial charge on any atom is 0.0864 e. The SMILES string of the molecule is C[N+]1(C)CCCC2(CNC2)C1. The Morgan fingerprint density at radius 1 is 1.27 bits per heavy atom. The third-order valence-corrected chi connectivity index (χ3v) is 3.23. The van der Waals surface area contributed by atoms with Gasteiger partial charge in [0.2, 0.25) is 0 Å². The molecule has 2 heterocycles. The second-order valence-corrected chi connectivity index (χ2v) is 5.02. The molecular weight excluding hydrogens is 136 g/mol. The normalized spacial score (nSPS) is 33.3. The molecular formula is C9H19N2+. The van der Waals surface area contributed by atoms with Gasteiger partial charge in [0.15, 0.2) is 0 Å². The predicted octanol–water partition coefficient (Wildman–Crippen LogP) is 0.446. The van der Waals surface area contributed by atoms with E-state index < -0.39 is 0 Å². The average molecular weight is 155 g/mol. The Labute approximate surface area is 69.2 Å². The van der Waals surface area contributed by atoms with Crippen molar-refractivity contribution in [2.45, 2.75) is 12.8 Å². The molecule has 2 nitrogen and oxygen atoms in total. The van der Waals surface area contributed by atoms with E-state index in [-0.39, 0.29) is 0 Å². The fourth-order valence-corrected chi connectivity index (χ4v) is 2.72. The van der Waals surface area contributed by atoms with Crippen LogP contribution in [-0.4, -0.2) is 44.8 Å². The minimum absolute atomic E-state index is 0.696. The lowest BCUT2D eigenvalue weighted by atomic mass is 9.74. The molecule has 0 aromatic carbocycles. The van der Waals surface area contributed by atoms with Crippen LogP contribution in [0.3, 0.4) is 0 Å². The number of likely N-dealkylation sites (tertiary alicyclic amines) is 1. The van der Waals surface area contributed by atoms with E-state index in [1.54, 1.807) is 0 Å². The zero-order valence-electron chi connectivity index (χ0n) is 7.69. The van der Waals surface area contributed by atoms with Crippen LogP contribution in [0.4, 0.5) is 0 Å². The summed E-state index contributed by atoms with van der Waals surface area (Å²) in [4.78, 5) is 0. The lowest BCUT2D eigenvalue weighted by molar-refractivity contribution is -0.903. The van der Waals surface area contributed by atoms with Gasteiger partial charge in [0.05, 0.1) is 27.2 Å². The molecule has 0 aliphatic carbocycles. The first-order valence-corrected chi connectivity index (χ1v) is 4.65. The molecule has 2 aliphatic rings. The first-order chi connectivity index (χ1) is 5.12. The lowest BCUT2D eigenvalue weighted by Gasteiger charge is -2.51. The summed E-state index contributed by atoms with van der Waals surface area (Å²) >= 11 is 0. The van der Waals surface area contributed by atoms with Crippen LogP contribution >= 0.6 is 0 Å². The maximum absolute atomic E-state index is 3.40. The van der Waals surface area contributed by atoms with E-state index in [2.05, 4.69) is 19.4 Å². The van der Waals surface area contributed by atoms with E-state index in [1.807, 2.05) is 0 Å². The van der Waals surface area contributed by atoms with E-state index in [1.165, 1.54) is 43.5 Å². The number of hydrogen-bond acceptors (Lipinski definition) is 1. The molecule has 0 unspecified atom stereocenters. The van der Waals surface area contributed by atoms with E-state index in [9.17, 15) is 0 Å². The molecule has 0 amide bonds. The van der Waals surface area contributed by atoms with Crippen molar-refractivity contribution >= 4 is 0 Å². The molecule has 0 atom stereocenters. The summed E-state index contributed by atoms with van der Waals surface area (Å²) in [6.45, 7) is 5.31. The third-order valence-electron chi connectivity index (χ3n) is 3.23. The minimum Gasteiger partial charge on any atom is -0.328 e. The highest BCUT2D eigenvalue weighted by Crippen LogP contribution is 2.35. The van der Waals surface area contributed by atoms with Crippen molar-refractivity contribution in [3.8, 4) is 0 Å². The molecule has 1 N–H and O–H groups in total. The number of quaternary nitrogens is 1. The van der Waals surface area contributed by atoms with Crippen LogP contribution in [0.5, 0.6) is 0 Å². The summed E-state index contributed by atoms with van der Waals surface area (Å²) in [5.41, 5.74) is 0.696. The van der Waals surface area contributed by atoms with E-state index in [4.69, 9.17) is 0 Å². The summed E-state index contributed by atoms with van der Waals surface area (Å²) < 4.78 is 1.24. The number of nitrogens with zero attached hydrogens (tertiary/aromatic N) is 1. The fraction of sp³-hybridized carbons (Fsp3) is 1.00. The monoisotopic (exact) mass is 155 g/mol. The Balaban J connectivity index is 2.03. The standard InChI is InChI=1S/C9H19N2/c1-11(2)5-3-4-9(8-11)6-10-7-9/h10H,3-8H2,1-2H3/q+1. The van der Waals surface area contributed by atoms with Gasteiger partial charge in [-0.15, -0.1) is 0 Å². The van der Waals surface area contributed by atoms with Crippen LogP contribution in [0.1, 0.15) is 12.8 Å². The van der Waals surface area contributed by atoms with E-state index >= 15 is 0 Å². The first kappa shape index (κ1) is 7.56. The number of nitrogens with one attached hydrogen (secondary N) is 1. The zero-order valence-corrected chi connectivity index (χ0v) is 7.69. The molecule has 0 radical (unpaired) electrons. The maximum atomic E-state index is 3.40. The highest BCUT2D eigenvalue weighted by atomic mass is 15.3. The number of rotatable bonds is 0. The number of hydrogen-bond donors (Lipinski definition) is 1. The van der Waals surface area contributed by atoms with Gasteiger partial charge in [0.25, 0.3) is 0 Å². The van der Waals surface area contributed by atoms with Crippen molar-refractivity contribution in [2.75, 3.05) is 40.3 Å². The molecule has 11 heavy (non-hydrogen) atoms. The highest BCUT2D eigenvalue weighted by Gasteiger charge is 2.45. The van der Waals surface area contributed by atoms with Crippen LogP contribution in [0, 0.1) is 5.41 Å². The molecule has 64 valence electrons. The summed E-state index contributed by atoms with van der Waals surface area (Å²) in [6, 6.07) is 0. The Morgan fingerprint density at radius 2 is 2.00 bits per heavy atom. The van der Waals surface area contributed by atoms with Crippen LogP contribution < -0.4 is 5.32 Å². The van der Waals surface area contributed by atoms with Crippen molar-refractivity contribution in [2.24, 2.45) is 5.41 Å². The molecule has 2 saturated heterocycles. The fourth-order valence-electron chi connectivity index (χ4n) is 2.72. The minimum atomic E-state index is 0.696. The predicted molar refractivity (Wildman–Crippen MR) is 46.4 cm³/mol. The van der Waals surface area contributed by atoms with Crippen molar-refractivity contribution in [1.29, 1.82) is 0 Å². The second-order valence-electron chi connectivity index (χ2n) is 5.02. The molecule has 2 aliphatic heterocycles. The Morgan fingerprint density at radius 3 is 2.36 bits per heavy atom. The average Bonchev–Trinajstić information content (AvgIpc) is 1.82. The quantitative estimate of drug-likeness (QED) is 0.501. The lowest BCUT2D eigenvalue weighted by Crippen LogP contribution is -2.64. The largest absolute Gasteiger partial charge is 0.328 e. The van der Waals surface area contributed by atoms with Crippen LogP contribution in [0.15, 0.2) is 0 Å². The van der Waals surface area contributed by atoms with Crippen molar-refractivity contribution in [3.63, 3.8) is 0 Å². The van der Waals surface area contributed by atoms with Crippen molar-refractivity contribution in [1.82, 2.24) is 5.32 Å². The molecule has 0 aromatic heterocycles. The zero-order chi connectivity index (χ0) is 7.95. The molecule has 2 heteroatoms. The summed E-state index contributed by atoms with van der Waals surface area (Å²) in [7, 11) is 4.72. The van der Waals surface area contributed by atoms with Gasteiger partial charge in [0, 0.05) is 18.5 Å². The van der Waals surface area contributed by atoms with Gasteiger partial charge in [-0.2, -0.15) is 0 Å². The third kappa shape index (κ3) is 1.30. The van der Waals surface area contributed by atoms with Crippen molar-refractivity contribution in [3.05, 3.63) is 0 Å². The van der Waals surface area contributed by atoms with Gasteiger partial charge in [0.1, 0.15) is 0 Å². The number of piperidine rings is 1. The molecule has 0 aromatic rings. The smallest absolute Gasteiger partial charge is 0.0864 e. The van der Waals surface area contributed by atoms with Gasteiger partial charge in [-0.3, -0.25) is 0 Å². The molecule has 0 saturated carbocycles. The summed E-state index contributed by atoms with van der Waals surface area (Å²) in [5.74, 6) is 0. The molecule has 2 rings (SSSR count). The summed E-state index contributed by atoms with van der Waals surface area (Å²) in [6.07, 6.45) is 2.89. The molecule has 2 fully saturated rings. The Kier molecular flexibility index (Phi) is 1.52. The van der Waals surface area contributed by atoms with Crippen LogP contribution in [-0.2, 0) is 0 Å². The van der Waals surface area contributed by atoms with Gasteiger partial charge < -0.3 is 9.80 Å².